The molecular formula is C17H20NS2Sb. The van der Waals surface area contributed by atoms with Crippen molar-refractivity contribution in [1.82, 2.24) is 4.90 Å². The maximum absolute atomic E-state index is 5.68. The molecule has 0 spiro atoms. The van der Waals surface area contributed by atoms with E-state index in [2.05, 4.69) is 79.4 Å². The van der Waals surface area contributed by atoms with Crippen LogP contribution in [0.4, 0.5) is 0 Å². The molecule has 2 rings (SSSR count). The summed E-state index contributed by atoms with van der Waals surface area (Å²) in [4.78, 5) is 2.28. The Kier molecular flexibility index (Phi) is 7.08. The van der Waals surface area contributed by atoms with Crippen LogP contribution in [0.15, 0.2) is 60.7 Å². The van der Waals surface area contributed by atoms with Gasteiger partial charge in [0.2, 0.25) is 0 Å². The fourth-order valence-electron chi connectivity index (χ4n) is 2.00. The summed E-state index contributed by atoms with van der Waals surface area (Å²) in [6.07, 6.45) is 0. The Balaban J connectivity index is 2.27. The first-order valence-electron chi connectivity index (χ1n) is 7.13. The van der Waals surface area contributed by atoms with Gasteiger partial charge in [-0.2, -0.15) is 0 Å². The van der Waals surface area contributed by atoms with Crippen molar-refractivity contribution >= 4 is 51.2 Å². The molecule has 110 valence electrons. The van der Waals surface area contributed by atoms with E-state index in [1.807, 2.05) is 8.85 Å². The van der Waals surface area contributed by atoms with Gasteiger partial charge in [-0.15, -0.1) is 0 Å². The van der Waals surface area contributed by atoms with Crippen molar-refractivity contribution in [3.63, 3.8) is 0 Å². The molecule has 2 aromatic rings. The summed E-state index contributed by atoms with van der Waals surface area (Å²) in [5.74, 6) is 0. The third kappa shape index (κ3) is 4.74. The second kappa shape index (κ2) is 8.82. The van der Waals surface area contributed by atoms with Crippen LogP contribution in [-0.4, -0.2) is 41.1 Å². The van der Waals surface area contributed by atoms with Crippen molar-refractivity contribution in [3.05, 3.63) is 60.7 Å². The van der Waals surface area contributed by atoms with Gasteiger partial charge in [0, 0.05) is 0 Å². The Morgan fingerprint density at radius 3 is 1.71 bits per heavy atom. The molecule has 0 bridgehead atoms. The number of thiocarbonyl (C=S) groups is 1. The van der Waals surface area contributed by atoms with Gasteiger partial charge in [0.25, 0.3) is 0 Å². The van der Waals surface area contributed by atoms with Crippen LogP contribution in [0.25, 0.3) is 0 Å². The van der Waals surface area contributed by atoms with Crippen molar-refractivity contribution in [2.45, 2.75) is 13.8 Å². The van der Waals surface area contributed by atoms with E-state index in [1.165, 1.54) is 7.02 Å². The zero-order valence-corrected chi connectivity index (χ0v) is 16.6. The van der Waals surface area contributed by atoms with E-state index >= 15 is 0 Å². The molecule has 0 aliphatic rings. The number of nitrogens with zero attached hydrogens (tertiary/aromatic N) is 1. The van der Waals surface area contributed by atoms with Gasteiger partial charge in [-0.05, 0) is 0 Å². The average molecular weight is 424 g/mol. The topological polar surface area (TPSA) is 3.24 Å². The Hall–Kier alpha value is -0.502. The van der Waals surface area contributed by atoms with Gasteiger partial charge in [-0.1, -0.05) is 0 Å². The van der Waals surface area contributed by atoms with Crippen LogP contribution in [0.1, 0.15) is 13.8 Å². The van der Waals surface area contributed by atoms with Gasteiger partial charge in [0.05, 0.1) is 0 Å². The fourth-order valence-corrected chi connectivity index (χ4v) is 13.6. The van der Waals surface area contributed by atoms with E-state index in [-0.39, 0.29) is 0 Å². The fraction of sp³-hybridized carbons (Fsp3) is 0.235. The Labute approximate surface area is 143 Å². The van der Waals surface area contributed by atoms with Crippen molar-refractivity contribution < 1.29 is 0 Å². The van der Waals surface area contributed by atoms with E-state index in [4.69, 9.17) is 12.2 Å². The van der Waals surface area contributed by atoms with Crippen molar-refractivity contribution in [2.24, 2.45) is 0 Å². The van der Waals surface area contributed by atoms with Crippen LogP contribution in [0.5, 0.6) is 0 Å². The van der Waals surface area contributed by atoms with Crippen LogP contribution in [0.2, 0.25) is 0 Å². The third-order valence-electron chi connectivity index (χ3n) is 3.17. The predicted octanol–water partition coefficient (Wildman–Crippen LogP) is 3.15. The van der Waals surface area contributed by atoms with Crippen molar-refractivity contribution in [2.75, 3.05) is 13.1 Å². The van der Waals surface area contributed by atoms with Gasteiger partial charge in [0.15, 0.2) is 0 Å². The van der Waals surface area contributed by atoms with E-state index in [0.717, 1.165) is 17.4 Å². The molecule has 0 fully saturated rings. The first-order valence-corrected chi connectivity index (χ1v) is 14.0. The van der Waals surface area contributed by atoms with Gasteiger partial charge >= 0.3 is 144 Å². The van der Waals surface area contributed by atoms with Crippen LogP contribution < -0.4 is 7.02 Å². The number of hydrogen-bond donors (Lipinski definition) is 0. The maximum atomic E-state index is 5.68. The molecule has 0 aliphatic heterocycles. The number of benzene rings is 2. The van der Waals surface area contributed by atoms with E-state index < -0.39 is 18.8 Å². The molecule has 4 heteroatoms. The standard InChI is InChI=1S/2C6H5.C5H11NS2.Sb/c2*1-2-4-6-5-3-1;1-3-6(4-2)5(7)8;/h2*1-5H;3-4H2,1-2H3,(H,7,8);/q;;;+1/p-1. The van der Waals surface area contributed by atoms with Crippen LogP contribution in [0, 0.1) is 0 Å². The predicted molar refractivity (Wildman–Crippen MR) is 101 cm³/mol. The van der Waals surface area contributed by atoms with Gasteiger partial charge < -0.3 is 0 Å². The molecule has 0 saturated heterocycles. The summed E-state index contributed by atoms with van der Waals surface area (Å²) < 4.78 is 4.01. The van der Waals surface area contributed by atoms with E-state index in [1.54, 1.807) is 0 Å². The quantitative estimate of drug-likeness (QED) is 0.537. The molecule has 0 N–H and O–H groups in total. The first-order chi connectivity index (χ1) is 10.3. The molecule has 0 unspecified atom stereocenters. The molecular weight excluding hydrogens is 404 g/mol. The molecule has 0 saturated carbocycles. The monoisotopic (exact) mass is 423 g/mol. The molecule has 0 heterocycles. The van der Waals surface area contributed by atoms with Crippen LogP contribution in [0.3, 0.4) is 0 Å². The van der Waals surface area contributed by atoms with Gasteiger partial charge in [-0.3, -0.25) is 0 Å². The second-order valence-electron chi connectivity index (χ2n) is 4.49. The molecule has 0 amide bonds. The summed E-state index contributed by atoms with van der Waals surface area (Å²) in [7, 11) is 1.95. The Morgan fingerprint density at radius 1 is 0.905 bits per heavy atom. The molecule has 0 aromatic heterocycles. The Morgan fingerprint density at radius 2 is 1.33 bits per heavy atom. The van der Waals surface area contributed by atoms with E-state index in [9.17, 15) is 0 Å². The summed E-state index contributed by atoms with van der Waals surface area (Å²) in [6.45, 7) is 6.31. The molecule has 0 aliphatic carbocycles. The Bertz CT molecular complexity index is 516. The zero-order valence-electron chi connectivity index (χ0n) is 12.4. The third-order valence-corrected chi connectivity index (χ3v) is 15.6. The van der Waals surface area contributed by atoms with Gasteiger partial charge in [0.1, 0.15) is 0 Å². The summed E-state index contributed by atoms with van der Waals surface area (Å²) in [5, 5.41) is 0. The minimum absolute atomic E-state index is 0.986. The summed E-state index contributed by atoms with van der Waals surface area (Å²) in [6, 6.07) is 21.7. The summed E-state index contributed by atoms with van der Waals surface area (Å²) in [5.41, 5.74) is 0. The first kappa shape index (κ1) is 16.9. The molecule has 0 atom stereocenters. The number of rotatable bonds is 5. The van der Waals surface area contributed by atoms with Crippen molar-refractivity contribution in [3.8, 4) is 0 Å². The minimum atomic E-state index is -1.87. The number of hydrogen-bond acceptors (Lipinski definition) is 2. The normalized spacial score (nSPS) is 10.6. The SMILES string of the molecule is CCN(CC)C(=S)[S][Sb]([c]1ccccc1)[c]1ccccc1. The summed E-state index contributed by atoms with van der Waals surface area (Å²) >= 11 is 3.81. The zero-order chi connectivity index (χ0) is 15.1. The molecule has 21 heavy (non-hydrogen) atoms. The van der Waals surface area contributed by atoms with Gasteiger partial charge in [-0.25, -0.2) is 0 Å². The average Bonchev–Trinajstić information content (AvgIpc) is 2.55. The van der Waals surface area contributed by atoms with Crippen LogP contribution in [-0.2, 0) is 0 Å². The molecule has 1 nitrogen and oxygen atoms in total. The second-order valence-corrected chi connectivity index (χ2v) is 14.4. The van der Waals surface area contributed by atoms with Crippen LogP contribution >= 0.6 is 21.1 Å². The molecule has 2 aromatic carbocycles. The van der Waals surface area contributed by atoms with Crippen molar-refractivity contribution in [1.29, 1.82) is 0 Å². The molecule has 0 radical (unpaired) electrons. The van der Waals surface area contributed by atoms with E-state index in [0.29, 0.717) is 0 Å².